The summed E-state index contributed by atoms with van der Waals surface area (Å²) in [4.78, 5) is 21.4. The van der Waals surface area contributed by atoms with E-state index in [1.165, 1.54) is 0 Å². The quantitative estimate of drug-likeness (QED) is 0.346. The van der Waals surface area contributed by atoms with E-state index >= 15 is 0 Å². The average molecular weight is 168 g/mol. The standard InChI is InChI=1S/C8H8O4/c1-2-3-4-8(11)5-6(9)12-7(8)10/h1,11H,3-5H2. The van der Waals surface area contributed by atoms with Gasteiger partial charge in [0.25, 0.3) is 0 Å². The van der Waals surface area contributed by atoms with E-state index in [0.717, 1.165) is 0 Å². The van der Waals surface area contributed by atoms with Gasteiger partial charge >= 0.3 is 11.9 Å². The second kappa shape index (κ2) is 2.95. The largest absolute Gasteiger partial charge is 0.391 e. The van der Waals surface area contributed by atoms with Crippen molar-refractivity contribution in [3.05, 3.63) is 0 Å². The summed E-state index contributed by atoms with van der Waals surface area (Å²) in [5.74, 6) is 0.695. The average Bonchev–Trinajstić information content (AvgIpc) is 2.23. The molecule has 1 rings (SSSR count). The van der Waals surface area contributed by atoms with Crippen LogP contribution < -0.4 is 0 Å². The highest BCUT2D eigenvalue weighted by molar-refractivity contribution is 5.99. The number of aliphatic hydroxyl groups is 1. The summed E-state index contributed by atoms with van der Waals surface area (Å²) in [5, 5.41) is 9.47. The molecule has 0 amide bonds. The van der Waals surface area contributed by atoms with Gasteiger partial charge in [-0.2, -0.15) is 0 Å². The van der Waals surface area contributed by atoms with Crippen LogP contribution in [0, 0.1) is 12.3 Å². The third kappa shape index (κ3) is 1.46. The molecule has 0 bridgehead atoms. The number of hydrogen-bond acceptors (Lipinski definition) is 4. The van der Waals surface area contributed by atoms with E-state index in [1.807, 2.05) is 0 Å². The van der Waals surface area contributed by atoms with Crippen LogP contribution in [0.4, 0.5) is 0 Å². The summed E-state index contributed by atoms with van der Waals surface area (Å²) in [6.45, 7) is 0. The molecule has 1 unspecified atom stereocenters. The molecule has 12 heavy (non-hydrogen) atoms. The van der Waals surface area contributed by atoms with Gasteiger partial charge in [0, 0.05) is 6.42 Å². The number of terminal acetylenes is 1. The van der Waals surface area contributed by atoms with Gasteiger partial charge in [-0.3, -0.25) is 4.79 Å². The van der Waals surface area contributed by atoms with Gasteiger partial charge in [-0.15, -0.1) is 12.3 Å². The minimum absolute atomic E-state index is 0.0775. The fraction of sp³-hybridized carbons (Fsp3) is 0.500. The molecule has 4 heteroatoms. The van der Waals surface area contributed by atoms with Crippen LogP contribution in [-0.2, 0) is 14.3 Å². The number of carbonyl (C=O) groups excluding carboxylic acids is 2. The van der Waals surface area contributed by atoms with Gasteiger partial charge in [-0.25, -0.2) is 4.79 Å². The maximum absolute atomic E-state index is 10.9. The van der Waals surface area contributed by atoms with Crippen LogP contribution in [0.3, 0.4) is 0 Å². The zero-order chi connectivity index (χ0) is 9.19. The molecule has 0 spiro atoms. The van der Waals surface area contributed by atoms with Crippen LogP contribution >= 0.6 is 0 Å². The molecular weight excluding hydrogens is 160 g/mol. The lowest BCUT2D eigenvalue weighted by Crippen LogP contribution is -2.33. The minimum atomic E-state index is -1.68. The first-order valence-corrected chi connectivity index (χ1v) is 3.49. The Kier molecular flexibility index (Phi) is 2.15. The van der Waals surface area contributed by atoms with E-state index in [1.54, 1.807) is 0 Å². The lowest BCUT2D eigenvalue weighted by molar-refractivity contribution is -0.158. The third-order valence-electron chi connectivity index (χ3n) is 1.71. The van der Waals surface area contributed by atoms with Crippen LogP contribution in [0.25, 0.3) is 0 Å². The summed E-state index contributed by atoms with van der Waals surface area (Å²) >= 11 is 0. The smallest absolute Gasteiger partial charge is 0.346 e. The molecule has 0 radical (unpaired) electrons. The lowest BCUT2D eigenvalue weighted by atomic mass is 9.96. The van der Waals surface area contributed by atoms with Crippen molar-refractivity contribution < 1.29 is 19.4 Å². The summed E-state index contributed by atoms with van der Waals surface area (Å²) in [5.41, 5.74) is -1.68. The summed E-state index contributed by atoms with van der Waals surface area (Å²) in [6, 6.07) is 0. The normalized spacial score (nSPS) is 28.3. The van der Waals surface area contributed by atoms with Gasteiger partial charge < -0.3 is 9.84 Å². The van der Waals surface area contributed by atoms with Gasteiger partial charge in [0.1, 0.15) is 0 Å². The van der Waals surface area contributed by atoms with Crippen LogP contribution in [0.1, 0.15) is 19.3 Å². The molecule has 0 saturated carbocycles. The van der Waals surface area contributed by atoms with E-state index < -0.39 is 17.5 Å². The molecule has 0 aliphatic carbocycles. The molecule has 1 saturated heterocycles. The first-order chi connectivity index (χ1) is 5.58. The Hall–Kier alpha value is -1.34. The first kappa shape index (κ1) is 8.75. The molecule has 64 valence electrons. The molecule has 4 nitrogen and oxygen atoms in total. The molecule has 1 N–H and O–H groups in total. The molecule has 1 fully saturated rings. The number of ether oxygens (including phenoxy) is 1. The number of hydrogen-bond donors (Lipinski definition) is 1. The Labute approximate surface area is 69.5 Å². The van der Waals surface area contributed by atoms with Crippen LogP contribution in [0.15, 0.2) is 0 Å². The number of cyclic esters (lactones) is 2. The van der Waals surface area contributed by atoms with E-state index in [0.29, 0.717) is 0 Å². The summed E-state index contributed by atoms with van der Waals surface area (Å²) < 4.78 is 4.18. The van der Waals surface area contributed by atoms with Crippen molar-refractivity contribution in [3.63, 3.8) is 0 Å². The zero-order valence-corrected chi connectivity index (χ0v) is 6.37. The maximum Gasteiger partial charge on any atom is 0.346 e. The van der Waals surface area contributed by atoms with E-state index in [4.69, 9.17) is 6.42 Å². The Morgan fingerprint density at radius 2 is 2.33 bits per heavy atom. The predicted octanol–water partition coefficient (Wildman–Crippen LogP) is -0.396. The van der Waals surface area contributed by atoms with Crippen LogP contribution in [0.2, 0.25) is 0 Å². The van der Waals surface area contributed by atoms with Crippen molar-refractivity contribution in [3.8, 4) is 12.3 Å². The highest BCUT2D eigenvalue weighted by atomic mass is 16.6. The Bertz CT molecular complexity index is 263. The second-order valence-corrected chi connectivity index (χ2v) is 2.67. The maximum atomic E-state index is 10.9. The Morgan fingerprint density at radius 3 is 2.75 bits per heavy atom. The SMILES string of the molecule is C#CCCC1(O)CC(=O)OC1=O. The van der Waals surface area contributed by atoms with E-state index in [2.05, 4.69) is 10.7 Å². The highest BCUT2D eigenvalue weighted by Gasteiger charge is 2.47. The van der Waals surface area contributed by atoms with Crippen molar-refractivity contribution >= 4 is 11.9 Å². The van der Waals surface area contributed by atoms with Gasteiger partial charge in [0.15, 0.2) is 5.60 Å². The molecule has 1 atom stereocenters. The summed E-state index contributed by atoms with van der Waals surface area (Å²) in [6.07, 6.45) is 4.99. The van der Waals surface area contributed by atoms with Crippen molar-refractivity contribution in [2.24, 2.45) is 0 Å². The van der Waals surface area contributed by atoms with Crippen molar-refractivity contribution in [1.82, 2.24) is 0 Å². The van der Waals surface area contributed by atoms with Crippen LogP contribution in [0.5, 0.6) is 0 Å². The fourth-order valence-corrected chi connectivity index (χ4v) is 1.01. The topological polar surface area (TPSA) is 63.6 Å². The highest BCUT2D eigenvalue weighted by Crippen LogP contribution is 2.25. The zero-order valence-electron chi connectivity index (χ0n) is 6.37. The van der Waals surface area contributed by atoms with Gasteiger partial charge in [-0.1, -0.05) is 0 Å². The van der Waals surface area contributed by atoms with E-state index in [-0.39, 0.29) is 19.3 Å². The monoisotopic (exact) mass is 168 g/mol. The number of carbonyl (C=O) groups is 2. The van der Waals surface area contributed by atoms with Crippen molar-refractivity contribution in [2.75, 3.05) is 0 Å². The second-order valence-electron chi connectivity index (χ2n) is 2.67. The lowest BCUT2D eigenvalue weighted by Gasteiger charge is -2.13. The van der Waals surface area contributed by atoms with Crippen molar-refractivity contribution in [1.29, 1.82) is 0 Å². The summed E-state index contributed by atoms with van der Waals surface area (Å²) in [7, 11) is 0. The van der Waals surface area contributed by atoms with Gasteiger partial charge in [0.2, 0.25) is 0 Å². The van der Waals surface area contributed by atoms with Crippen molar-refractivity contribution in [2.45, 2.75) is 24.9 Å². The van der Waals surface area contributed by atoms with E-state index in [9.17, 15) is 14.7 Å². The molecule has 1 aliphatic rings. The minimum Gasteiger partial charge on any atom is -0.391 e. The number of esters is 2. The molecule has 1 aliphatic heterocycles. The van der Waals surface area contributed by atoms with Gasteiger partial charge in [0.05, 0.1) is 6.42 Å². The van der Waals surface area contributed by atoms with Gasteiger partial charge in [-0.05, 0) is 6.42 Å². The third-order valence-corrected chi connectivity index (χ3v) is 1.71. The van der Waals surface area contributed by atoms with Crippen LogP contribution in [-0.4, -0.2) is 22.6 Å². The fourth-order valence-electron chi connectivity index (χ4n) is 1.01. The molecule has 0 aromatic carbocycles. The molecule has 1 heterocycles. The first-order valence-electron chi connectivity index (χ1n) is 3.49. The Balaban J connectivity index is 2.66. The predicted molar refractivity (Wildman–Crippen MR) is 38.7 cm³/mol. The molecular formula is C8H8O4. The number of rotatable bonds is 2. The molecule has 0 aromatic heterocycles. The molecule has 0 aromatic rings. The Morgan fingerprint density at radius 1 is 1.67 bits per heavy atom.